The zero-order valence-electron chi connectivity index (χ0n) is 12.1. The summed E-state index contributed by atoms with van der Waals surface area (Å²) in [5.41, 5.74) is 6.29. The van der Waals surface area contributed by atoms with Crippen molar-refractivity contribution in [2.45, 2.75) is 33.3 Å². The molecule has 0 aliphatic carbocycles. The second-order valence-corrected chi connectivity index (χ2v) is 6.16. The van der Waals surface area contributed by atoms with Gasteiger partial charge in [0.15, 0.2) is 6.10 Å². The Morgan fingerprint density at radius 3 is 2.75 bits per heavy atom. The van der Waals surface area contributed by atoms with Gasteiger partial charge >= 0.3 is 0 Å². The Kier molecular flexibility index (Phi) is 3.99. The monoisotopic (exact) mass is 292 g/mol. The van der Waals surface area contributed by atoms with Crippen molar-refractivity contribution in [1.29, 1.82) is 0 Å². The van der Waals surface area contributed by atoms with Crippen LogP contribution in [0.3, 0.4) is 0 Å². The molecule has 2 N–H and O–H groups in total. The topological polar surface area (TPSA) is 55.6 Å². The van der Waals surface area contributed by atoms with Gasteiger partial charge in [0.1, 0.15) is 5.75 Å². The van der Waals surface area contributed by atoms with Gasteiger partial charge in [0.05, 0.1) is 10.7 Å². The summed E-state index contributed by atoms with van der Waals surface area (Å²) in [5, 5.41) is 0. The molecule has 1 aromatic rings. The Morgan fingerprint density at radius 1 is 1.45 bits per heavy atom. The molecule has 0 aromatic heterocycles. The molecule has 0 bridgehead atoms. The molecule has 0 spiro atoms. The summed E-state index contributed by atoms with van der Waals surface area (Å²) < 4.78 is 5.61. The van der Waals surface area contributed by atoms with Gasteiger partial charge in [-0.2, -0.15) is 0 Å². The van der Waals surface area contributed by atoms with Crippen LogP contribution in [0.1, 0.15) is 27.2 Å². The minimum atomic E-state index is -0.460. The third-order valence-corrected chi connectivity index (χ3v) is 4.25. The Hall–Kier alpha value is -1.62. The summed E-state index contributed by atoms with van der Waals surface area (Å²) in [7, 11) is 0. The molecule has 0 saturated heterocycles. The predicted octanol–water partition coefficient (Wildman–Crippen LogP) is 2.50. The minimum Gasteiger partial charge on any atom is -0.479 e. The van der Waals surface area contributed by atoms with Crippen molar-refractivity contribution in [2.24, 2.45) is 11.1 Å². The predicted molar refractivity (Wildman–Crippen MR) is 84.1 cm³/mol. The molecule has 2 rings (SSSR count). The maximum atomic E-state index is 12.3. The van der Waals surface area contributed by atoms with E-state index in [4.69, 9.17) is 22.7 Å². The van der Waals surface area contributed by atoms with Crippen LogP contribution in [0.5, 0.6) is 5.75 Å². The van der Waals surface area contributed by atoms with Crippen LogP contribution in [0.4, 0.5) is 5.69 Å². The fraction of sp³-hybridized carbons (Fsp3) is 0.467. The number of nitrogens with zero attached hydrogens (tertiary/aromatic N) is 1. The standard InChI is InChI=1S/C15H20N2O2S/c1-10-13(18)17(9-8-15(2,3)14(16)20)11-6-4-5-7-12(11)19-10/h4-7,10H,8-9H2,1-3H3,(H2,16,20). The fourth-order valence-electron chi connectivity index (χ4n) is 2.10. The zero-order valence-corrected chi connectivity index (χ0v) is 12.9. The summed E-state index contributed by atoms with van der Waals surface area (Å²) in [6.45, 7) is 6.34. The summed E-state index contributed by atoms with van der Waals surface area (Å²) in [5.74, 6) is 0.718. The summed E-state index contributed by atoms with van der Waals surface area (Å²) in [6, 6.07) is 7.58. The van der Waals surface area contributed by atoms with Crippen LogP contribution in [-0.2, 0) is 4.79 Å². The average Bonchev–Trinajstić information content (AvgIpc) is 2.39. The van der Waals surface area contributed by atoms with E-state index in [1.807, 2.05) is 38.1 Å². The molecule has 108 valence electrons. The molecule has 5 heteroatoms. The van der Waals surface area contributed by atoms with Gasteiger partial charge in [-0.1, -0.05) is 38.2 Å². The molecule has 0 radical (unpaired) electrons. The molecule has 1 aliphatic heterocycles. The second-order valence-electron chi connectivity index (χ2n) is 5.72. The number of amides is 1. The largest absolute Gasteiger partial charge is 0.479 e. The lowest BCUT2D eigenvalue weighted by atomic mass is 9.89. The summed E-state index contributed by atoms with van der Waals surface area (Å²) >= 11 is 5.08. The van der Waals surface area contributed by atoms with E-state index in [1.165, 1.54) is 0 Å². The number of hydrogen-bond donors (Lipinski definition) is 1. The van der Waals surface area contributed by atoms with Gasteiger partial charge < -0.3 is 15.4 Å². The van der Waals surface area contributed by atoms with E-state index in [2.05, 4.69) is 0 Å². The lowest BCUT2D eigenvalue weighted by Gasteiger charge is -2.35. The van der Waals surface area contributed by atoms with E-state index in [9.17, 15) is 4.79 Å². The van der Waals surface area contributed by atoms with Crippen LogP contribution < -0.4 is 15.4 Å². The van der Waals surface area contributed by atoms with Crippen LogP contribution in [0, 0.1) is 5.41 Å². The third kappa shape index (κ3) is 2.77. The first-order valence-electron chi connectivity index (χ1n) is 6.70. The normalized spacial score (nSPS) is 18.4. The van der Waals surface area contributed by atoms with Crippen molar-refractivity contribution in [3.63, 3.8) is 0 Å². The maximum absolute atomic E-state index is 12.3. The van der Waals surface area contributed by atoms with Crippen molar-refractivity contribution in [3.05, 3.63) is 24.3 Å². The molecule has 1 heterocycles. The van der Waals surface area contributed by atoms with E-state index in [0.29, 0.717) is 11.5 Å². The van der Waals surface area contributed by atoms with Gasteiger partial charge in [0.25, 0.3) is 5.91 Å². The molecular weight excluding hydrogens is 272 g/mol. The van der Waals surface area contributed by atoms with Crippen molar-refractivity contribution < 1.29 is 9.53 Å². The average molecular weight is 292 g/mol. The first-order chi connectivity index (χ1) is 9.33. The van der Waals surface area contributed by atoms with E-state index in [-0.39, 0.29) is 11.3 Å². The van der Waals surface area contributed by atoms with Crippen LogP contribution in [0.15, 0.2) is 24.3 Å². The second kappa shape index (κ2) is 5.40. The molecule has 4 nitrogen and oxygen atoms in total. The molecule has 1 aliphatic rings. The Labute approximate surface area is 124 Å². The molecule has 1 unspecified atom stereocenters. The van der Waals surface area contributed by atoms with Crippen LogP contribution in [0.2, 0.25) is 0 Å². The maximum Gasteiger partial charge on any atom is 0.267 e. The van der Waals surface area contributed by atoms with Gasteiger partial charge in [0.2, 0.25) is 0 Å². The number of benzene rings is 1. The number of carbonyl (C=O) groups excluding carboxylic acids is 1. The zero-order chi connectivity index (χ0) is 14.9. The minimum absolute atomic E-state index is 0.0255. The number of nitrogens with two attached hydrogens (primary N) is 1. The molecule has 1 amide bonds. The summed E-state index contributed by atoms with van der Waals surface area (Å²) in [4.78, 5) is 14.6. The highest BCUT2D eigenvalue weighted by Gasteiger charge is 2.32. The van der Waals surface area contributed by atoms with Crippen molar-refractivity contribution in [3.8, 4) is 5.75 Å². The molecule has 0 saturated carbocycles. The van der Waals surface area contributed by atoms with Crippen LogP contribution in [-0.4, -0.2) is 23.5 Å². The molecular formula is C15H20N2O2S. The SMILES string of the molecule is CC1Oc2ccccc2N(CCC(C)(C)C(N)=S)C1=O. The number of rotatable bonds is 4. The first kappa shape index (κ1) is 14.8. The van der Waals surface area contributed by atoms with Gasteiger partial charge in [0, 0.05) is 12.0 Å². The Balaban J connectivity index is 2.22. The van der Waals surface area contributed by atoms with Crippen molar-refractivity contribution >= 4 is 28.8 Å². The van der Waals surface area contributed by atoms with E-state index in [0.717, 1.165) is 17.9 Å². The number of fused-ring (bicyclic) bond motifs is 1. The number of hydrogen-bond acceptors (Lipinski definition) is 3. The number of anilines is 1. The first-order valence-corrected chi connectivity index (χ1v) is 7.11. The lowest BCUT2D eigenvalue weighted by molar-refractivity contribution is -0.125. The van der Waals surface area contributed by atoms with Gasteiger partial charge in [-0.3, -0.25) is 4.79 Å². The lowest BCUT2D eigenvalue weighted by Crippen LogP contribution is -2.46. The van der Waals surface area contributed by atoms with Crippen LogP contribution in [0.25, 0.3) is 0 Å². The molecule has 20 heavy (non-hydrogen) atoms. The highest BCUT2D eigenvalue weighted by molar-refractivity contribution is 7.80. The van der Waals surface area contributed by atoms with Crippen LogP contribution >= 0.6 is 12.2 Å². The number of thiocarbonyl (C=S) groups is 1. The Morgan fingerprint density at radius 2 is 2.10 bits per heavy atom. The van der Waals surface area contributed by atoms with Gasteiger partial charge in [-0.05, 0) is 25.5 Å². The van der Waals surface area contributed by atoms with Crippen molar-refractivity contribution in [1.82, 2.24) is 0 Å². The van der Waals surface area contributed by atoms with Gasteiger partial charge in [-0.25, -0.2) is 0 Å². The van der Waals surface area contributed by atoms with E-state index >= 15 is 0 Å². The van der Waals surface area contributed by atoms with E-state index < -0.39 is 6.10 Å². The fourth-order valence-corrected chi connectivity index (χ4v) is 2.21. The Bertz CT molecular complexity index is 542. The highest BCUT2D eigenvalue weighted by Crippen LogP contribution is 2.34. The smallest absolute Gasteiger partial charge is 0.267 e. The number of carbonyl (C=O) groups is 1. The highest BCUT2D eigenvalue weighted by atomic mass is 32.1. The van der Waals surface area contributed by atoms with Gasteiger partial charge in [-0.15, -0.1) is 0 Å². The molecule has 1 atom stereocenters. The summed E-state index contributed by atoms with van der Waals surface area (Å²) in [6.07, 6.45) is 0.257. The molecule has 1 aromatic carbocycles. The number of ether oxygens (including phenoxy) is 1. The van der Waals surface area contributed by atoms with Crippen molar-refractivity contribution in [2.75, 3.05) is 11.4 Å². The molecule has 0 fully saturated rings. The number of para-hydroxylation sites is 2. The van der Waals surface area contributed by atoms with E-state index in [1.54, 1.807) is 11.8 Å². The third-order valence-electron chi connectivity index (χ3n) is 3.70. The quantitative estimate of drug-likeness (QED) is 0.866.